The summed E-state index contributed by atoms with van der Waals surface area (Å²) in [4.78, 5) is 8.82. The van der Waals surface area contributed by atoms with Crippen LogP contribution in [0, 0.1) is 0 Å². The minimum atomic E-state index is 0.490. The third-order valence-corrected chi connectivity index (χ3v) is 5.29. The number of hydrogen-bond donors (Lipinski definition) is 3. The third kappa shape index (κ3) is 7.50. The summed E-state index contributed by atoms with van der Waals surface area (Å²) in [6, 6.07) is 10.0. The maximum absolute atomic E-state index is 5.97. The molecule has 2 aromatic rings. The monoisotopic (exact) mass is 448 g/mol. The van der Waals surface area contributed by atoms with E-state index in [1.807, 2.05) is 50.4 Å². The zero-order valence-corrected chi connectivity index (χ0v) is 19.5. The average Bonchev–Trinajstić information content (AvgIpc) is 3.33. The van der Waals surface area contributed by atoms with Crippen LogP contribution in [0.5, 0.6) is 17.4 Å². The summed E-state index contributed by atoms with van der Waals surface area (Å²) < 4.78 is 11.8. The summed E-state index contributed by atoms with van der Waals surface area (Å²) in [5.74, 6) is 1.88. The van der Waals surface area contributed by atoms with Crippen LogP contribution in [0.2, 0.25) is 0 Å². The zero-order chi connectivity index (χ0) is 23.5. The lowest BCUT2D eigenvalue weighted by Gasteiger charge is -2.14. The second-order valence-corrected chi connectivity index (χ2v) is 7.82. The Bertz CT molecular complexity index is 992. The highest BCUT2D eigenvalue weighted by Crippen LogP contribution is 2.31. The van der Waals surface area contributed by atoms with Crippen molar-refractivity contribution >= 4 is 17.6 Å². The topological polar surface area (TPSA) is 84.4 Å². The van der Waals surface area contributed by atoms with E-state index in [-0.39, 0.29) is 0 Å². The highest BCUT2D eigenvalue weighted by molar-refractivity contribution is 5.77. The van der Waals surface area contributed by atoms with Gasteiger partial charge in [0.25, 0.3) is 0 Å². The van der Waals surface area contributed by atoms with Crippen molar-refractivity contribution in [3.05, 3.63) is 73.2 Å². The predicted octanol–water partition coefficient (Wildman–Crippen LogP) is 3.90. The van der Waals surface area contributed by atoms with E-state index in [4.69, 9.17) is 9.47 Å². The molecule has 174 valence electrons. The fraction of sp³-hybridized carbons (Fsp3) is 0.308. The Labute approximate surface area is 196 Å². The molecule has 33 heavy (non-hydrogen) atoms. The number of quaternary nitrogens is 1. The number of hydrogen-bond acceptors (Lipinski definition) is 6. The Kier molecular flexibility index (Phi) is 9.08. The minimum Gasteiger partial charge on any atom is -0.492 e. The SMILES string of the molecule is C=C(/C=C\NC)NC(=C)c1cc(Oc2ccc(OCCC3CCC[NH2+]3)cn2)ccc1N=CC. The standard InChI is InChI=1S/C26H33N5O2/c1-5-28-25-10-8-22(17-24(25)20(3)31-19(2)12-15-27-4)33-26-11-9-23(18-30-26)32-16-13-21-7-6-14-29-21/h5,8-12,15,17-18,21,27,29,31H,2-3,6-7,13-14,16H2,1,4H3/p+1/b15-12-,28-5?. The molecule has 0 saturated carbocycles. The number of benzene rings is 1. The Morgan fingerprint density at radius 1 is 1.27 bits per heavy atom. The van der Waals surface area contributed by atoms with Crippen LogP contribution in [0.3, 0.4) is 0 Å². The molecule has 0 amide bonds. The molecule has 2 heterocycles. The summed E-state index contributed by atoms with van der Waals surface area (Å²) in [6.45, 7) is 11.9. The minimum absolute atomic E-state index is 0.490. The van der Waals surface area contributed by atoms with E-state index in [0.717, 1.165) is 23.4 Å². The van der Waals surface area contributed by atoms with Crippen LogP contribution in [0.15, 0.2) is 72.7 Å². The molecule has 1 saturated heterocycles. The molecule has 7 heteroatoms. The molecule has 1 fully saturated rings. The molecule has 0 aliphatic carbocycles. The van der Waals surface area contributed by atoms with E-state index in [1.54, 1.807) is 18.6 Å². The molecule has 1 aromatic carbocycles. The molecule has 7 nitrogen and oxygen atoms in total. The van der Waals surface area contributed by atoms with E-state index < -0.39 is 0 Å². The van der Waals surface area contributed by atoms with Gasteiger partial charge < -0.3 is 25.4 Å². The van der Waals surface area contributed by atoms with Crippen LogP contribution in [0.25, 0.3) is 5.70 Å². The lowest BCUT2D eigenvalue weighted by atomic mass is 10.1. The van der Waals surface area contributed by atoms with Gasteiger partial charge >= 0.3 is 0 Å². The average molecular weight is 449 g/mol. The highest BCUT2D eigenvalue weighted by atomic mass is 16.5. The number of ether oxygens (including phenoxy) is 2. The number of allylic oxidation sites excluding steroid dienone is 1. The maximum atomic E-state index is 5.97. The van der Waals surface area contributed by atoms with Crippen molar-refractivity contribution in [3.63, 3.8) is 0 Å². The molecule has 3 rings (SSSR count). The molecule has 4 N–H and O–H groups in total. The van der Waals surface area contributed by atoms with Gasteiger partial charge in [-0.2, -0.15) is 0 Å². The normalized spacial score (nSPS) is 15.6. The Hall–Kier alpha value is -3.58. The highest BCUT2D eigenvalue weighted by Gasteiger charge is 2.17. The van der Waals surface area contributed by atoms with Crippen molar-refractivity contribution in [2.75, 3.05) is 20.2 Å². The van der Waals surface area contributed by atoms with Gasteiger partial charge in [0, 0.05) is 55.5 Å². The van der Waals surface area contributed by atoms with Gasteiger partial charge in [-0.1, -0.05) is 13.2 Å². The Balaban J connectivity index is 1.63. The quantitative estimate of drug-likeness (QED) is 0.339. The number of rotatable bonds is 12. The van der Waals surface area contributed by atoms with Crippen LogP contribution in [0.4, 0.5) is 5.69 Å². The number of aliphatic imine (C=N–C) groups is 1. The summed E-state index contributed by atoms with van der Waals surface area (Å²) in [7, 11) is 1.83. The van der Waals surface area contributed by atoms with Crippen molar-refractivity contribution in [1.82, 2.24) is 15.6 Å². The van der Waals surface area contributed by atoms with E-state index in [0.29, 0.717) is 35.7 Å². The molecule has 1 aromatic heterocycles. The third-order valence-electron chi connectivity index (χ3n) is 5.29. The molecule has 1 aliphatic rings. The predicted molar refractivity (Wildman–Crippen MR) is 134 cm³/mol. The lowest BCUT2D eigenvalue weighted by molar-refractivity contribution is -0.670. The number of nitrogens with zero attached hydrogens (tertiary/aromatic N) is 2. The number of pyridine rings is 1. The first-order valence-electron chi connectivity index (χ1n) is 11.3. The van der Waals surface area contributed by atoms with Crippen molar-refractivity contribution in [3.8, 4) is 17.4 Å². The van der Waals surface area contributed by atoms with E-state index >= 15 is 0 Å². The second-order valence-electron chi connectivity index (χ2n) is 7.82. The van der Waals surface area contributed by atoms with Gasteiger partial charge in [-0.3, -0.25) is 4.99 Å². The van der Waals surface area contributed by atoms with Gasteiger partial charge in [0.15, 0.2) is 0 Å². The molecular weight excluding hydrogens is 414 g/mol. The first kappa shape index (κ1) is 24.1. The Morgan fingerprint density at radius 2 is 2.12 bits per heavy atom. The Morgan fingerprint density at radius 3 is 2.82 bits per heavy atom. The fourth-order valence-corrected chi connectivity index (χ4v) is 3.63. The molecule has 0 spiro atoms. The molecule has 1 atom stereocenters. The van der Waals surface area contributed by atoms with Crippen LogP contribution >= 0.6 is 0 Å². The molecule has 0 bridgehead atoms. The van der Waals surface area contributed by atoms with E-state index in [9.17, 15) is 0 Å². The van der Waals surface area contributed by atoms with Gasteiger partial charge in [0.2, 0.25) is 5.88 Å². The first-order chi connectivity index (χ1) is 16.1. The molecule has 0 radical (unpaired) electrons. The molecule has 1 aliphatic heterocycles. The van der Waals surface area contributed by atoms with Gasteiger partial charge in [-0.05, 0) is 43.5 Å². The first-order valence-corrected chi connectivity index (χ1v) is 11.3. The lowest BCUT2D eigenvalue weighted by Crippen LogP contribution is -2.86. The van der Waals surface area contributed by atoms with Gasteiger partial charge in [0.1, 0.15) is 11.5 Å². The molecular formula is C26H34N5O2+. The smallest absolute Gasteiger partial charge is 0.219 e. The maximum Gasteiger partial charge on any atom is 0.219 e. The van der Waals surface area contributed by atoms with Crippen LogP contribution in [0.1, 0.15) is 31.7 Å². The zero-order valence-electron chi connectivity index (χ0n) is 19.5. The fourth-order valence-electron chi connectivity index (χ4n) is 3.63. The van der Waals surface area contributed by atoms with Gasteiger partial charge in [-0.25, -0.2) is 4.98 Å². The largest absolute Gasteiger partial charge is 0.492 e. The number of nitrogens with two attached hydrogens (primary N) is 1. The van der Waals surface area contributed by atoms with Gasteiger partial charge in [0.05, 0.1) is 31.1 Å². The van der Waals surface area contributed by atoms with Crippen LogP contribution in [-0.2, 0) is 0 Å². The van der Waals surface area contributed by atoms with Crippen molar-refractivity contribution in [1.29, 1.82) is 0 Å². The summed E-state index contributed by atoms with van der Waals surface area (Å²) in [5.41, 5.74) is 2.97. The second kappa shape index (κ2) is 12.5. The summed E-state index contributed by atoms with van der Waals surface area (Å²) >= 11 is 0. The van der Waals surface area contributed by atoms with Crippen LogP contribution < -0.4 is 25.4 Å². The van der Waals surface area contributed by atoms with E-state index in [2.05, 4.69) is 39.1 Å². The van der Waals surface area contributed by atoms with Gasteiger partial charge in [-0.15, -0.1) is 0 Å². The number of aromatic nitrogens is 1. The molecule has 1 unspecified atom stereocenters. The number of nitrogens with one attached hydrogen (secondary N) is 2. The van der Waals surface area contributed by atoms with E-state index in [1.165, 1.54) is 19.4 Å². The van der Waals surface area contributed by atoms with Crippen molar-refractivity contribution < 1.29 is 14.8 Å². The summed E-state index contributed by atoms with van der Waals surface area (Å²) in [5, 5.41) is 8.53. The van der Waals surface area contributed by atoms with Crippen LogP contribution in [-0.4, -0.2) is 37.4 Å². The summed E-state index contributed by atoms with van der Waals surface area (Å²) in [6.07, 6.45) is 10.7. The van der Waals surface area contributed by atoms with Crippen molar-refractivity contribution in [2.45, 2.75) is 32.2 Å². The van der Waals surface area contributed by atoms with Crippen molar-refractivity contribution in [2.24, 2.45) is 4.99 Å².